The molecule has 0 spiro atoms. The maximum atomic E-state index is 2.45. The van der Waals surface area contributed by atoms with Gasteiger partial charge in [0, 0.05) is 36.6 Å². The third-order valence-corrected chi connectivity index (χ3v) is 10.5. The van der Waals surface area contributed by atoms with E-state index in [0.29, 0.717) is 0 Å². The van der Waals surface area contributed by atoms with Crippen LogP contribution in [-0.4, -0.2) is 4.57 Å². The van der Waals surface area contributed by atoms with Gasteiger partial charge in [0.05, 0.1) is 11.0 Å². The first kappa shape index (κ1) is 24.0. The molecular weight excluding hydrogens is 551 g/mol. The summed E-state index contributed by atoms with van der Waals surface area (Å²) in [5, 5.41) is 13.1. The maximum absolute atomic E-state index is 2.45. The number of thiophene rings is 1. The quantitative estimate of drug-likeness (QED) is 0.181. The SMILES string of the molecule is c1cc(-c2ccc3c4ccccc4c4ccccc4c3c2)cc(-n2c3ccccc3c3cc4c(cc32)sc2ccccc24)c1. The number of aromatic nitrogens is 1. The molecule has 204 valence electrons. The number of rotatable bonds is 2. The van der Waals surface area contributed by atoms with Crippen LogP contribution in [0.25, 0.3) is 91.1 Å². The first-order chi connectivity index (χ1) is 21.8. The fourth-order valence-corrected chi connectivity index (χ4v) is 8.50. The molecule has 10 aromatic rings. The molecule has 2 heterocycles. The zero-order valence-electron chi connectivity index (χ0n) is 23.8. The second kappa shape index (κ2) is 9.03. The van der Waals surface area contributed by atoms with Crippen molar-refractivity contribution in [3.63, 3.8) is 0 Å². The van der Waals surface area contributed by atoms with Crippen molar-refractivity contribution in [1.82, 2.24) is 4.57 Å². The van der Waals surface area contributed by atoms with Gasteiger partial charge in [-0.1, -0.05) is 109 Å². The van der Waals surface area contributed by atoms with Gasteiger partial charge in [0.15, 0.2) is 0 Å². The second-order valence-electron chi connectivity index (χ2n) is 11.7. The molecule has 2 heteroatoms. The summed E-state index contributed by atoms with van der Waals surface area (Å²) in [6.45, 7) is 0. The number of fused-ring (bicyclic) bond motifs is 12. The van der Waals surface area contributed by atoms with Crippen LogP contribution in [0.1, 0.15) is 0 Å². The lowest BCUT2D eigenvalue weighted by atomic mass is 9.92. The fourth-order valence-electron chi connectivity index (χ4n) is 7.38. The molecule has 2 aromatic heterocycles. The van der Waals surface area contributed by atoms with Crippen molar-refractivity contribution in [2.24, 2.45) is 0 Å². The molecule has 0 aliphatic carbocycles. The molecule has 0 fully saturated rings. The van der Waals surface area contributed by atoms with E-state index in [1.807, 2.05) is 11.3 Å². The Morgan fingerprint density at radius 3 is 1.70 bits per heavy atom. The lowest BCUT2D eigenvalue weighted by Crippen LogP contribution is -1.94. The summed E-state index contributed by atoms with van der Waals surface area (Å²) >= 11 is 1.88. The van der Waals surface area contributed by atoms with Crippen LogP contribution in [0.2, 0.25) is 0 Å². The van der Waals surface area contributed by atoms with Gasteiger partial charge in [-0.2, -0.15) is 0 Å². The third kappa shape index (κ3) is 3.35. The molecule has 1 nitrogen and oxygen atoms in total. The molecular formula is C42H25NS. The Hall–Kier alpha value is -5.44. The summed E-state index contributed by atoms with van der Waals surface area (Å²) in [6, 6.07) is 56.0. The van der Waals surface area contributed by atoms with E-state index in [-0.39, 0.29) is 0 Å². The highest BCUT2D eigenvalue weighted by atomic mass is 32.1. The van der Waals surface area contributed by atoms with Crippen molar-refractivity contribution in [2.75, 3.05) is 0 Å². The molecule has 0 saturated heterocycles. The molecule has 0 radical (unpaired) electrons. The number of hydrogen-bond donors (Lipinski definition) is 0. The summed E-state index contributed by atoms with van der Waals surface area (Å²) in [5.41, 5.74) is 6.11. The van der Waals surface area contributed by atoms with Crippen molar-refractivity contribution < 1.29 is 0 Å². The van der Waals surface area contributed by atoms with Crippen molar-refractivity contribution >= 4 is 85.6 Å². The molecule has 10 rings (SSSR count). The minimum absolute atomic E-state index is 1.18. The van der Waals surface area contributed by atoms with Gasteiger partial charge in [0.1, 0.15) is 0 Å². The van der Waals surface area contributed by atoms with E-state index in [1.165, 1.54) is 91.1 Å². The van der Waals surface area contributed by atoms with Gasteiger partial charge in [-0.25, -0.2) is 0 Å². The first-order valence-electron chi connectivity index (χ1n) is 15.1. The molecule has 0 unspecified atom stereocenters. The molecule has 0 N–H and O–H groups in total. The van der Waals surface area contributed by atoms with Gasteiger partial charge in [0.25, 0.3) is 0 Å². The Bertz CT molecular complexity index is 2740. The summed E-state index contributed by atoms with van der Waals surface area (Å²) in [4.78, 5) is 0. The van der Waals surface area contributed by atoms with Crippen molar-refractivity contribution in [1.29, 1.82) is 0 Å². The Balaban J connectivity index is 1.22. The van der Waals surface area contributed by atoms with Gasteiger partial charge in [-0.05, 0) is 85.9 Å². The topological polar surface area (TPSA) is 4.93 Å². The molecule has 0 saturated carbocycles. The largest absolute Gasteiger partial charge is 0.309 e. The van der Waals surface area contributed by atoms with E-state index in [4.69, 9.17) is 0 Å². The zero-order valence-corrected chi connectivity index (χ0v) is 24.6. The van der Waals surface area contributed by atoms with Crippen LogP contribution in [0, 0.1) is 0 Å². The van der Waals surface area contributed by atoms with Gasteiger partial charge >= 0.3 is 0 Å². The average molecular weight is 576 g/mol. The fraction of sp³-hybridized carbons (Fsp3) is 0. The predicted octanol–water partition coefficient (Wildman–Crippen LogP) is 12.3. The minimum atomic E-state index is 1.18. The Morgan fingerprint density at radius 2 is 0.932 bits per heavy atom. The lowest BCUT2D eigenvalue weighted by Gasteiger charge is -2.13. The van der Waals surface area contributed by atoms with Gasteiger partial charge in [-0.3, -0.25) is 0 Å². The zero-order chi connectivity index (χ0) is 28.8. The van der Waals surface area contributed by atoms with E-state index < -0.39 is 0 Å². The van der Waals surface area contributed by atoms with E-state index in [2.05, 4.69) is 156 Å². The van der Waals surface area contributed by atoms with E-state index in [9.17, 15) is 0 Å². The summed E-state index contributed by atoms with van der Waals surface area (Å²) in [7, 11) is 0. The minimum Gasteiger partial charge on any atom is -0.309 e. The highest BCUT2D eigenvalue weighted by Crippen LogP contribution is 2.41. The third-order valence-electron chi connectivity index (χ3n) is 9.35. The van der Waals surface area contributed by atoms with Gasteiger partial charge < -0.3 is 4.57 Å². The van der Waals surface area contributed by atoms with Gasteiger partial charge in [0.2, 0.25) is 0 Å². The smallest absolute Gasteiger partial charge is 0.0555 e. The summed E-state index contributed by atoms with van der Waals surface area (Å²) in [6.07, 6.45) is 0. The molecule has 8 aromatic carbocycles. The van der Waals surface area contributed by atoms with Gasteiger partial charge in [-0.15, -0.1) is 11.3 Å². The second-order valence-corrected chi connectivity index (χ2v) is 12.8. The highest BCUT2D eigenvalue weighted by molar-refractivity contribution is 7.25. The van der Waals surface area contributed by atoms with E-state index in [1.54, 1.807) is 0 Å². The van der Waals surface area contributed by atoms with Crippen LogP contribution >= 0.6 is 11.3 Å². The molecule has 0 bridgehead atoms. The predicted molar refractivity (Wildman–Crippen MR) is 192 cm³/mol. The highest BCUT2D eigenvalue weighted by Gasteiger charge is 2.16. The van der Waals surface area contributed by atoms with Crippen LogP contribution in [0.3, 0.4) is 0 Å². The van der Waals surface area contributed by atoms with Crippen molar-refractivity contribution in [3.8, 4) is 16.8 Å². The number of benzene rings is 8. The van der Waals surface area contributed by atoms with E-state index in [0.717, 1.165) is 0 Å². The molecule has 44 heavy (non-hydrogen) atoms. The van der Waals surface area contributed by atoms with Crippen molar-refractivity contribution in [3.05, 3.63) is 152 Å². The van der Waals surface area contributed by atoms with Crippen LogP contribution in [0.4, 0.5) is 0 Å². The number of nitrogens with zero attached hydrogens (tertiary/aromatic N) is 1. The monoisotopic (exact) mass is 575 g/mol. The number of para-hydroxylation sites is 1. The number of hydrogen-bond acceptors (Lipinski definition) is 1. The molecule has 0 aliphatic heterocycles. The van der Waals surface area contributed by atoms with Crippen LogP contribution in [0.15, 0.2) is 152 Å². The molecule has 0 amide bonds. The van der Waals surface area contributed by atoms with Crippen molar-refractivity contribution in [2.45, 2.75) is 0 Å². The summed E-state index contributed by atoms with van der Waals surface area (Å²) in [5.74, 6) is 0. The standard InChI is InChI=1S/C42H25NS/c1-2-14-31-29(12-1)30-13-3-4-15-32(30)36-23-27(20-21-33(31)36)26-10-9-11-28(22-26)43-39-18-7-5-16-34(39)37-24-38-35-17-6-8-19-41(35)44-42(38)25-40(37)43/h1-25H. The first-order valence-corrected chi connectivity index (χ1v) is 15.9. The molecule has 0 atom stereocenters. The summed E-state index contributed by atoms with van der Waals surface area (Å²) < 4.78 is 5.11. The van der Waals surface area contributed by atoms with Crippen LogP contribution in [0.5, 0.6) is 0 Å². The normalized spacial score (nSPS) is 12.1. The average Bonchev–Trinajstić information content (AvgIpc) is 3.62. The Morgan fingerprint density at radius 1 is 0.318 bits per heavy atom. The van der Waals surface area contributed by atoms with E-state index >= 15 is 0 Å². The Kier molecular flexibility index (Phi) is 4.94. The van der Waals surface area contributed by atoms with Crippen LogP contribution in [-0.2, 0) is 0 Å². The maximum Gasteiger partial charge on any atom is 0.0555 e. The molecule has 0 aliphatic rings. The Labute approximate surface area is 257 Å². The van der Waals surface area contributed by atoms with Crippen LogP contribution < -0.4 is 0 Å². The lowest BCUT2D eigenvalue weighted by molar-refractivity contribution is 1.18.